The first-order valence-corrected chi connectivity index (χ1v) is 18.5. The van der Waals surface area contributed by atoms with Gasteiger partial charge in [-0.25, -0.2) is 27.7 Å². The molecule has 3 heterocycles. The summed E-state index contributed by atoms with van der Waals surface area (Å²) in [6.45, 7) is 14.5. The number of hydrogen-bond acceptors (Lipinski definition) is 9. The fourth-order valence-corrected chi connectivity index (χ4v) is 8.38. The van der Waals surface area contributed by atoms with Crippen LogP contribution < -0.4 is 0 Å². The third-order valence-corrected chi connectivity index (χ3v) is 10.7. The van der Waals surface area contributed by atoms with Gasteiger partial charge >= 0.3 is 12.2 Å². The number of imide groups is 1. The van der Waals surface area contributed by atoms with Gasteiger partial charge < -0.3 is 14.2 Å². The molecule has 3 aliphatic rings. The molecule has 7 atom stereocenters. The molecule has 2 saturated heterocycles. The summed E-state index contributed by atoms with van der Waals surface area (Å²) in [5.41, 5.74) is -1.15. The molecular weight excluding hydrogens is 648 g/mol. The van der Waals surface area contributed by atoms with Gasteiger partial charge in [-0.1, -0.05) is 76.3 Å². The van der Waals surface area contributed by atoms with E-state index in [0.29, 0.717) is 12.3 Å². The van der Waals surface area contributed by atoms with Crippen LogP contribution in [-0.2, 0) is 34.5 Å². The summed E-state index contributed by atoms with van der Waals surface area (Å²) >= 11 is -2.12. The van der Waals surface area contributed by atoms with Crippen LogP contribution in [0.2, 0.25) is 0 Å². The van der Waals surface area contributed by atoms with Crippen molar-refractivity contribution in [1.29, 1.82) is 0 Å². The minimum Gasteiger partial charge on any atom is -0.444 e. The molecule has 0 radical (unpaired) electrons. The van der Waals surface area contributed by atoms with Crippen molar-refractivity contribution in [3.05, 3.63) is 54.6 Å². The van der Waals surface area contributed by atoms with Crippen molar-refractivity contribution in [2.75, 3.05) is 0 Å². The summed E-state index contributed by atoms with van der Waals surface area (Å²) in [6, 6.07) is 8.10. The Morgan fingerprint density at radius 2 is 1.78 bits per heavy atom. The molecule has 13 heteroatoms. The number of rotatable bonds is 10. The number of carbonyl (C=O) groups is 3. The summed E-state index contributed by atoms with van der Waals surface area (Å²) in [4.78, 5) is 49.0. The van der Waals surface area contributed by atoms with Crippen LogP contribution in [0.4, 0.5) is 9.59 Å². The average molecular weight is 701 g/mol. The quantitative estimate of drug-likeness (QED) is 0.263. The zero-order valence-electron chi connectivity index (χ0n) is 29.9. The molecule has 0 N–H and O–H groups in total. The van der Waals surface area contributed by atoms with E-state index in [9.17, 15) is 18.6 Å². The van der Waals surface area contributed by atoms with Crippen LogP contribution in [0.3, 0.4) is 0 Å². The fourth-order valence-electron chi connectivity index (χ4n) is 7.58. The van der Waals surface area contributed by atoms with Crippen molar-refractivity contribution in [2.24, 2.45) is 17.8 Å². The molecule has 0 spiro atoms. The van der Waals surface area contributed by atoms with Crippen molar-refractivity contribution in [3.8, 4) is 0 Å². The highest BCUT2D eigenvalue weighted by Crippen LogP contribution is 2.44. The summed E-state index contributed by atoms with van der Waals surface area (Å²) in [5.74, 6) is -1.63. The van der Waals surface area contributed by atoms with Crippen LogP contribution in [0, 0.1) is 17.8 Å². The van der Waals surface area contributed by atoms with Gasteiger partial charge in [0, 0.05) is 12.4 Å². The lowest BCUT2D eigenvalue weighted by Gasteiger charge is -2.38. The van der Waals surface area contributed by atoms with Crippen LogP contribution in [0.1, 0.15) is 106 Å². The molecule has 12 nitrogen and oxygen atoms in total. The SMILES string of the molecule is CC(C)C(C(=O)N1C(=O)OC(c2ccccc2)C1C)C(OS(=O)n1ccnc1)C1OC(C)(C)N(C(=O)OC(C)(C)C)[C@@H]1CC1CCCCC1. The van der Waals surface area contributed by atoms with Crippen molar-refractivity contribution >= 4 is 29.4 Å². The van der Waals surface area contributed by atoms with E-state index in [4.69, 9.17) is 18.4 Å². The van der Waals surface area contributed by atoms with Gasteiger partial charge in [-0.15, -0.1) is 0 Å². The Morgan fingerprint density at radius 1 is 1.10 bits per heavy atom. The molecule has 1 aromatic carbocycles. The predicted octanol–water partition coefficient (Wildman–Crippen LogP) is 6.79. The minimum absolute atomic E-state index is 0.303. The number of aromatic nitrogens is 2. The highest BCUT2D eigenvalue weighted by Gasteiger charge is 2.58. The molecule has 270 valence electrons. The van der Waals surface area contributed by atoms with E-state index >= 15 is 0 Å². The second-order valence-corrected chi connectivity index (χ2v) is 16.4. The monoisotopic (exact) mass is 700 g/mol. The average Bonchev–Trinajstić information content (AvgIpc) is 3.73. The number of ether oxygens (including phenoxy) is 3. The van der Waals surface area contributed by atoms with Crippen molar-refractivity contribution in [1.82, 2.24) is 18.8 Å². The zero-order chi connectivity index (χ0) is 35.7. The van der Waals surface area contributed by atoms with Gasteiger partial charge in [0.1, 0.15) is 36.0 Å². The summed E-state index contributed by atoms with van der Waals surface area (Å²) in [7, 11) is 0. The Kier molecular flexibility index (Phi) is 11.2. The normalized spacial score (nSPS) is 26.4. The number of imidazole rings is 1. The molecular formula is C36H52N4O8S. The van der Waals surface area contributed by atoms with Gasteiger partial charge in [0.05, 0.1) is 18.0 Å². The van der Waals surface area contributed by atoms with Gasteiger partial charge in [-0.05, 0) is 65.4 Å². The van der Waals surface area contributed by atoms with E-state index in [0.717, 1.165) is 42.6 Å². The van der Waals surface area contributed by atoms with Crippen molar-refractivity contribution in [3.63, 3.8) is 0 Å². The van der Waals surface area contributed by atoms with Gasteiger partial charge in [0.25, 0.3) is 11.3 Å². The van der Waals surface area contributed by atoms with Crippen LogP contribution in [0.5, 0.6) is 0 Å². The van der Waals surface area contributed by atoms with Crippen LogP contribution >= 0.6 is 0 Å². The number of benzene rings is 1. The van der Waals surface area contributed by atoms with E-state index in [1.165, 1.54) is 22.7 Å². The maximum atomic E-state index is 14.8. The summed E-state index contributed by atoms with van der Waals surface area (Å²) < 4.78 is 40.0. The Bertz CT molecular complexity index is 1470. The number of cyclic esters (lactones) is 1. The third kappa shape index (κ3) is 8.20. The van der Waals surface area contributed by atoms with E-state index in [1.807, 2.05) is 65.0 Å². The van der Waals surface area contributed by atoms with Gasteiger partial charge in [-0.3, -0.25) is 13.9 Å². The van der Waals surface area contributed by atoms with Gasteiger partial charge in [-0.2, -0.15) is 0 Å². The standard InChI is InChI=1S/C36H52N4O8S/c1-23(2)28(32(41)39-24(3)29(45-33(39)42)26-17-13-10-14-18-26)31(48-49(44)38-20-19-37-22-38)30-27(21-25-15-11-9-12-16-25)40(36(7,8)46-30)34(43)47-35(4,5)6/h10,13-14,17-20,22-25,27-31H,9,11-12,15-16,21H2,1-8H3/t24?,27-,28?,29?,30?,31?,49?/m1/s1. The van der Waals surface area contributed by atoms with Crippen molar-refractivity contribution < 1.29 is 37.0 Å². The highest BCUT2D eigenvalue weighted by molar-refractivity contribution is 7.78. The Balaban J connectivity index is 1.57. The molecule has 6 unspecified atom stereocenters. The predicted molar refractivity (Wildman–Crippen MR) is 183 cm³/mol. The highest BCUT2D eigenvalue weighted by atomic mass is 32.2. The lowest BCUT2D eigenvalue weighted by Crippen LogP contribution is -2.55. The number of nitrogens with zero attached hydrogens (tertiary/aromatic N) is 4. The topological polar surface area (TPSA) is 130 Å². The largest absolute Gasteiger partial charge is 0.444 e. The second kappa shape index (κ2) is 14.9. The summed E-state index contributed by atoms with van der Waals surface area (Å²) in [6.07, 6.45) is 6.31. The van der Waals surface area contributed by atoms with E-state index in [2.05, 4.69) is 4.98 Å². The molecule has 1 saturated carbocycles. The van der Waals surface area contributed by atoms with E-state index < -0.39 is 82.9 Å². The number of amides is 3. The molecule has 1 aromatic heterocycles. The van der Waals surface area contributed by atoms with Crippen LogP contribution in [0.15, 0.2) is 49.1 Å². The molecule has 2 aromatic rings. The first kappa shape index (κ1) is 37.0. The minimum atomic E-state index is -2.12. The lowest BCUT2D eigenvalue weighted by molar-refractivity contribution is -0.147. The number of carbonyl (C=O) groups excluding carboxylic acids is 3. The maximum absolute atomic E-state index is 14.8. The maximum Gasteiger partial charge on any atom is 0.417 e. The summed E-state index contributed by atoms with van der Waals surface area (Å²) in [5, 5.41) is 0. The third-order valence-electron chi connectivity index (χ3n) is 9.77. The molecule has 0 bridgehead atoms. The first-order valence-electron chi connectivity index (χ1n) is 17.4. The Morgan fingerprint density at radius 3 is 2.37 bits per heavy atom. The Labute approximate surface area is 292 Å². The van der Waals surface area contributed by atoms with Crippen LogP contribution in [0.25, 0.3) is 0 Å². The molecule has 3 amide bonds. The van der Waals surface area contributed by atoms with Gasteiger partial charge in [0.15, 0.2) is 0 Å². The molecule has 1 aliphatic carbocycles. The zero-order valence-corrected chi connectivity index (χ0v) is 30.8. The molecule has 49 heavy (non-hydrogen) atoms. The number of hydrogen-bond donors (Lipinski definition) is 0. The van der Waals surface area contributed by atoms with E-state index in [1.54, 1.807) is 25.7 Å². The fraction of sp³-hybridized carbons (Fsp3) is 0.667. The molecule has 2 aliphatic heterocycles. The van der Waals surface area contributed by atoms with E-state index in [-0.39, 0.29) is 0 Å². The molecule has 5 rings (SSSR count). The first-order chi connectivity index (χ1) is 23.1. The van der Waals surface area contributed by atoms with Gasteiger partial charge in [0.2, 0.25) is 5.91 Å². The molecule has 3 fully saturated rings. The second-order valence-electron chi connectivity index (χ2n) is 15.3. The van der Waals surface area contributed by atoms with Crippen molar-refractivity contribution in [2.45, 2.75) is 136 Å². The van der Waals surface area contributed by atoms with Crippen LogP contribution in [-0.4, -0.2) is 76.7 Å². The Hall–Kier alpha value is -3.29. The lowest BCUT2D eigenvalue weighted by atomic mass is 9.79. The smallest absolute Gasteiger partial charge is 0.417 e.